The molecular formula is C75H56N4O. The van der Waals surface area contributed by atoms with Crippen LogP contribution in [0, 0.1) is 0 Å². The van der Waals surface area contributed by atoms with Crippen LogP contribution in [-0.4, -0.2) is 15.8 Å². The van der Waals surface area contributed by atoms with Crippen molar-refractivity contribution in [2.45, 2.75) is 39.0 Å². The normalized spacial score (nSPS) is 14.9. The van der Waals surface area contributed by atoms with E-state index >= 15 is 0 Å². The lowest BCUT2D eigenvalue weighted by molar-refractivity contribution is 0.669. The summed E-state index contributed by atoms with van der Waals surface area (Å²) >= 11 is 0. The average molecular weight is 1030 g/mol. The molecule has 2 aliphatic rings. The van der Waals surface area contributed by atoms with Crippen LogP contribution in [0.1, 0.15) is 54.0 Å². The third-order valence-electron chi connectivity index (χ3n) is 15.9. The van der Waals surface area contributed by atoms with E-state index in [-0.39, 0.29) is 0 Å². The van der Waals surface area contributed by atoms with Gasteiger partial charge in [-0.2, -0.15) is 0 Å². The van der Waals surface area contributed by atoms with Crippen molar-refractivity contribution in [2.24, 2.45) is 4.99 Å². The van der Waals surface area contributed by atoms with E-state index in [4.69, 9.17) is 19.4 Å². The zero-order valence-corrected chi connectivity index (χ0v) is 44.5. The lowest BCUT2D eigenvalue weighted by Gasteiger charge is -2.22. The maximum Gasteiger partial charge on any atom is 0.160 e. The van der Waals surface area contributed by atoms with E-state index in [1.807, 2.05) is 18.2 Å². The molecule has 1 N–H and O–H groups in total. The van der Waals surface area contributed by atoms with Gasteiger partial charge >= 0.3 is 0 Å². The Morgan fingerprint density at radius 1 is 0.412 bits per heavy atom. The number of fused-ring (bicyclic) bond motifs is 6. The summed E-state index contributed by atoms with van der Waals surface area (Å²) in [6.45, 7) is 2.20. The Morgan fingerprint density at radius 2 is 0.988 bits per heavy atom. The van der Waals surface area contributed by atoms with Crippen molar-refractivity contribution >= 4 is 39.0 Å². The number of amidine groups is 1. The first-order chi connectivity index (χ1) is 39.6. The van der Waals surface area contributed by atoms with Gasteiger partial charge in [0, 0.05) is 44.3 Å². The highest BCUT2D eigenvalue weighted by Crippen LogP contribution is 2.44. The summed E-state index contributed by atoms with van der Waals surface area (Å²) in [6, 6.07) is 88.8. The van der Waals surface area contributed by atoms with E-state index in [1.54, 1.807) is 0 Å². The molecule has 5 nitrogen and oxygen atoms in total. The first kappa shape index (κ1) is 48.4. The molecule has 0 spiro atoms. The van der Waals surface area contributed by atoms with Crippen LogP contribution in [0.3, 0.4) is 0 Å². The van der Waals surface area contributed by atoms with Gasteiger partial charge in [-0.05, 0) is 135 Å². The number of rotatable bonds is 9. The minimum Gasteiger partial charge on any atom is -0.456 e. The summed E-state index contributed by atoms with van der Waals surface area (Å²) in [7, 11) is 0. The standard InChI is InChI=1S/C75H56N4O/c1-2-60-72(51-24-9-4-10-25-51)78-75(53-28-13-6-14-29-53)79-73(60)59-33-18-31-55(46-59)54-30-17-32-58(45-54)62-35-19-38-70-71(62)66-48-57(41-44-69(66)80-70)56-40-42-63-64(43-39-49-21-15-16-34-61(49)65(63)47-56)68-37-20-36-67(50-22-7-3-8-23-50)76-74(77-68)52-26-11-5-12-27-52/h3-19,21-36,38,40-42,44-48H,2,20,37,39,43H2,1H3,(H,76,77)/b67-36-,68-64+. The van der Waals surface area contributed by atoms with Crippen molar-refractivity contribution in [2.75, 3.05) is 0 Å². The molecule has 0 amide bonds. The van der Waals surface area contributed by atoms with Gasteiger partial charge in [-0.1, -0.05) is 225 Å². The molecule has 1 aliphatic carbocycles. The van der Waals surface area contributed by atoms with Gasteiger partial charge in [-0.15, -0.1) is 0 Å². The van der Waals surface area contributed by atoms with E-state index in [2.05, 4.69) is 249 Å². The van der Waals surface area contributed by atoms with Crippen molar-refractivity contribution in [3.8, 4) is 78.4 Å². The molecule has 0 bridgehead atoms. The third kappa shape index (κ3) is 9.22. The average Bonchev–Trinajstić information content (AvgIpc) is 4.05. The summed E-state index contributed by atoms with van der Waals surface area (Å²) < 4.78 is 6.68. The zero-order chi connectivity index (χ0) is 53.4. The molecule has 12 aromatic rings. The molecule has 0 fully saturated rings. The molecule has 1 aliphatic heterocycles. The molecule has 0 unspecified atom stereocenters. The minimum absolute atomic E-state index is 0.717. The Labute approximate surface area is 467 Å². The van der Waals surface area contributed by atoms with Crippen molar-refractivity contribution in [3.05, 3.63) is 288 Å². The number of nitrogens with zero attached hydrogens (tertiary/aromatic N) is 3. The topological polar surface area (TPSA) is 63.3 Å². The highest BCUT2D eigenvalue weighted by Gasteiger charge is 2.24. The van der Waals surface area contributed by atoms with E-state index < -0.39 is 0 Å². The summed E-state index contributed by atoms with van der Waals surface area (Å²) in [5.41, 5.74) is 25.6. The molecule has 0 radical (unpaired) electrons. The van der Waals surface area contributed by atoms with Gasteiger partial charge in [0.15, 0.2) is 5.82 Å². The quantitative estimate of drug-likeness (QED) is 0.156. The molecule has 80 heavy (non-hydrogen) atoms. The van der Waals surface area contributed by atoms with Crippen molar-refractivity contribution in [1.82, 2.24) is 15.3 Å². The van der Waals surface area contributed by atoms with E-state index in [0.717, 1.165) is 150 Å². The third-order valence-corrected chi connectivity index (χ3v) is 15.9. The Hall–Kier alpha value is -9.97. The van der Waals surface area contributed by atoms with Crippen LogP contribution >= 0.6 is 0 Å². The molecule has 10 aromatic carbocycles. The van der Waals surface area contributed by atoms with Gasteiger partial charge in [0.1, 0.15) is 17.0 Å². The lowest BCUT2D eigenvalue weighted by Crippen LogP contribution is -2.26. The van der Waals surface area contributed by atoms with Crippen molar-refractivity contribution < 1.29 is 4.42 Å². The zero-order valence-electron chi connectivity index (χ0n) is 44.5. The summed E-state index contributed by atoms with van der Waals surface area (Å²) in [4.78, 5) is 15.9. The second kappa shape index (κ2) is 21.1. The minimum atomic E-state index is 0.717. The van der Waals surface area contributed by atoms with Gasteiger partial charge < -0.3 is 9.73 Å². The van der Waals surface area contributed by atoms with Crippen LogP contribution in [0.25, 0.3) is 112 Å². The maximum absolute atomic E-state index is 6.68. The molecule has 0 saturated carbocycles. The number of aliphatic imine (C=N–C) groups is 1. The largest absolute Gasteiger partial charge is 0.456 e. The van der Waals surface area contributed by atoms with Crippen LogP contribution in [0.5, 0.6) is 0 Å². The van der Waals surface area contributed by atoms with Gasteiger partial charge in [-0.25, -0.2) is 15.0 Å². The molecule has 5 heteroatoms. The maximum atomic E-state index is 6.68. The second-order valence-electron chi connectivity index (χ2n) is 20.8. The molecule has 14 rings (SSSR count). The number of benzene rings is 10. The van der Waals surface area contributed by atoms with Crippen LogP contribution in [0.2, 0.25) is 0 Å². The smallest absolute Gasteiger partial charge is 0.160 e. The number of hydrogen-bond acceptors (Lipinski definition) is 5. The molecular weight excluding hydrogens is 973 g/mol. The van der Waals surface area contributed by atoms with E-state index in [0.29, 0.717) is 0 Å². The number of hydrogen-bond donors (Lipinski definition) is 1. The molecule has 382 valence electrons. The van der Waals surface area contributed by atoms with Crippen LogP contribution in [-0.2, 0) is 12.8 Å². The Kier molecular flexibility index (Phi) is 12.8. The first-order valence-electron chi connectivity index (χ1n) is 27.9. The fourth-order valence-corrected chi connectivity index (χ4v) is 12.0. The Bertz CT molecular complexity index is 4400. The van der Waals surface area contributed by atoms with Crippen LogP contribution in [0.15, 0.2) is 270 Å². The van der Waals surface area contributed by atoms with Crippen LogP contribution in [0.4, 0.5) is 0 Å². The Morgan fingerprint density at radius 3 is 1.74 bits per heavy atom. The number of allylic oxidation sites excluding steroid dienone is 3. The van der Waals surface area contributed by atoms with Crippen molar-refractivity contribution in [1.29, 1.82) is 0 Å². The predicted molar refractivity (Wildman–Crippen MR) is 332 cm³/mol. The first-order valence-corrected chi connectivity index (χ1v) is 27.9. The molecule has 0 atom stereocenters. The highest BCUT2D eigenvalue weighted by atomic mass is 16.3. The fraction of sp³-hybridized carbons (Fsp3) is 0.0800. The molecule has 2 aromatic heterocycles. The van der Waals surface area contributed by atoms with Gasteiger partial charge in [0.05, 0.1) is 17.1 Å². The van der Waals surface area contributed by atoms with E-state index in [9.17, 15) is 0 Å². The summed E-state index contributed by atoms with van der Waals surface area (Å²) in [5.74, 6) is 1.58. The molecule has 3 heterocycles. The van der Waals surface area contributed by atoms with Crippen LogP contribution < -0.4 is 5.32 Å². The van der Waals surface area contributed by atoms with Crippen molar-refractivity contribution in [3.63, 3.8) is 0 Å². The Balaban J connectivity index is 0.838. The van der Waals surface area contributed by atoms with Gasteiger partial charge in [0.25, 0.3) is 0 Å². The monoisotopic (exact) mass is 1030 g/mol. The number of aryl methyl sites for hydroxylation is 1. The number of nitrogens with one attached hydrogen (secondary N) is 1. The van der Waals surface area contributed by atoms with E-state index in [1.165, 1.54) is 33.5 Å². The fourth-order valence-electron chi connectivity index (χ4n) is 12.0. The SMILES string of the molecule is CCc1c(-c2ccccc2)nc(-c2ccccc2)nc1-c1cccc(-c2cccc(-c3cccc4oc5ccc(-c6ccc7c(c6)-c6ccccc6CC/C7=C6/CC/C=C(/c7ccccc7)N=C(c7ccccc7)N6)cc5c34)c2)c1. The number of furan rings is 1. The number of aromatic nitrogens is 2. The lowest BCUT2D eigenvalue weighted by atomic mass is 9.89. The highest BCUT2D eigenvalue weighted by molar-refractivity contribution is 6.13. The predicted octanol–water partition coefficient (Wildman–Crippen LogP) is 19.1. The summed E-state index contributed by atoms with van der Waals surface area (Å²) in [6.07, 6.45) is 6.69. The van der Waals surface area contributed by atoms with Gasteiger partial charge in [-0.3, -0.25) is 0 Å². The second-order valence-corrected chi connectivity index (χ2v) is 20.8. The van der Waals surface area contributed by atoms with Gasteiger partial charge in [0.2, 0.25) is 0 Å². The molecule has 0 saturated heterocycles. The summed E-state index contributed by atoms with van der Waals surface area (Å²) in [5, 5.41) is 6.15.